The summed E-state index contributed by atoms with van der Waals surface area (Å²) in [5.41, 5.74) is 0. The third kappa shape index (κ3) is 19.2. The third-order valence-corrected chi connectivity index (χ3v) is 4.21. The minimum absolute atomic E-state index is 0.156. The Labute approximate surface area is 149 Å². The average molecular weight is 382 g/mol. The van der Waals surface area contributed by atoms with E-state index in [-0.39, 0.29) is 25.2 Å². The summed E-state index contributed by atoms with van der Waals surface area (Å²) in [5, 5.41) is 0. The van der Waals surface area contributed by atoms with Gasteiger partial charge in [0.25, 0.3) is 0 Å². The molecule has 0 spiro atoms. The van der Waals surface area contributed by atoms with Crippen molar-refractivity contribution in [3.05, 3.63) is 0 Å². The molecule has 0 radical (unpaired) electrons. The molecular weight excluding hydrogens is 351 g/mol. The molecule has 0 aliphatic rings. The highest BCUT2D eigenvalue weighted by Gasteiger charge is 2.19. The van der Waals surface area contributed by atoms with Gasteiger partial charge in [0, 0.05) is 13.8 Å². The molecular formula is C16H31O8P. The molecule has 0 saturated carbocycles. The van der Waals surface area contributed by atoms with E-state index in [0.29, 0.717) is 26.1 Å². The maximum atomic E-state index is 11.6. The normalized spacial score (nSPS) is 11.3. The van der Waals surface area contributed by atoms with E-state index in [4.69, 9.17) is 18.5 Å². The highest BCUT2D eigenvalue weighted by molar-refractivity contribution is 7.47. The van der Waals surface area contributed by atoms with Gasteiger partial charge in [-0.05, 0) is 38.5 Å². The fourth-order valence-electron chi connectivity index (χ4n) is 1.94. The molecule has 9 heteroatoms. The molecule has 0 bridgehead atoms. The van der Waals surface area contributed by atoms with Gasteiger partial charge in [0.1, 0.15) is 0 Å². The molecule has 0 rings (SSSR count). The molecule has 0 aromatic carbocycles. The fourth-order valence-corrected chi connectivity index (χ4v) is 2.74. The zero-order chi connectivity index (χ0) is 19.0. The zero-order valence-corrected chi connectivity index (χ0v) is 16.1. The van der Waals surface area contributed by atoms with Crippen LogP contribution in [0.4, 0.5) is 0 Å². The number of ether oxygens (including phenoxy) is 2. The summed E-state index contributed by atoms with van der Waals surface area (Å²) in [6.45, 7) is 3.86. The third-order valence-electron chi connectivity index (χ3n) is 3.20. The highest BCUT2D eigenvalue weighted by Crippen LogP contribution is 2.43. The van der Waals surface area contributed by atoms with Crippen molar-refractivity contribution in [3.63, 3.8) is 0 Å². The first-order valence-electron chi connectivity index (χ1n) is 8.72. The number of esters is 2. The number of phosphoric ester groups is 1. The predicted molar refractivity (Wildman–Crippen MR) is 91.9 cm³/mol. The van der Waals surface area contributed by atoms with E-state index in [0.717, 1.165) is 38.5 Å². The van der Waals surface area contributed by atoms with Gasteiger partial charge in [0.15, 0.2) is 0 Å². The highest BCUT2D eigenvalue weighted by atomic mass is 31.2. The van der Waals surface area contributed by atoms with E-state index in [1.54, 1.807) is 0 Å². The van der Waals surface area contributed by atoms with Crippen molar-refractivity contribution in [1.29, 1.82) is 0 Å². The van der Waals surface area contributed by atoms with E-state index in [1.165, 1.54) is 13.8 Å². The second-order valence-corrected chi connectivity index (χ2v) is 7.10. The van der Waals surface area contributed by atoms with Crippen molar-refractivity contribution >= 4 is 19.8 Å². The number of carbonyl (C=O) groups is 2. The topological polar surface area (TPSA) is 108 Å². The lowest BCUT2D eigenvalue weighted by atomic mass is 10.2. The minimum Gasteiger partial charge on any atom is -0.466 e. The Bertz CT molecular complexity index is 379. The van der Waals surface area contributed by atoms with Gasteiger partial charge in [-0.15, -0.1) is 0 Å². The number of unbranched alkanes of at least 4 members (excludes halogenated alkanes) is 6. The summed E-state index contributed by atoms with van der Waals surface area (Å²) in [4.78, 5) is 30.6. The van der Waals surface area contributed by atoms with E-state index in [2.05, 4.69) is 0 Å². The Balaban J connectivity index is 3.42. The van der Waals surface area contributed by atoms with Crippen LogP contribution in [0.25, 0.3) is 0 Å². The molecule has 0 aliphatic carbocycles. The predicted octanol–water partition coefficient (Wildman–Crippen LogP) is 3.37. The van der Waals surface area contributed by atoms with Crippen LogP contribution in [0.1, 0.15) is 65.2 Å². The standard InChI is InChI=1S/C16H31O8P/c1-15(17)21-11-7-3-5-9-13-23-25(19,20)24-14-10-6-4-8-12-22-16(2)18/h3-14H2,1-2H3,(H,19,20). The molecule has 0 unspecified atom stereocenters. The van der Waals surface area contributed by atoms with Crippen LogP contribution in [-0.4, -0.2) is 43.3 Å². The van der Waals surface area contributed by atoms with Crippen LogP contribution in [0.3, 0.4) is 0 Å². The van der Waals surface area contributed by atoms with Gasteiger partial charge in [-0.1, -0.05) is 12.8 Å². The van der Waals surface area contributed by atoms with Crippen LogP contribution in [0.5, 0.6) is 0 Å². The van der Waals surface area contributed by atoms with Crippen LogP contribution in [-0.2, 0) is 32.7 Å². The smallest absolute Gasteiger partial charge is 0.466 e. The summed E-state index contributed by atoms with van der Waals surface area (Å²) in [7, 11) is -3.98. The molecule has 8 nitrogen and oxygen atoms in total. The molecule has 0 atom stereocenters. The monoisotopic (exact) mass is 382 g/mol. The summed E-state index contributed by atoms with van der Waals surface area (Å²) < 4.78 is 31.0. The molecule has 1 N–H and O–H groups in total. The number of hydrogen-bond donors (Lipinski definition) is 1. The fraction of sp³-hybridized carbons (Fsp3) is 0.875. The van der Waals surface area contributed by atoms with Gasteiger partial charge in [-0.2, -0.15) is 0 Å². The maximum Gasteiger partial charge on any atom is 0.472 e. The van der Waals surface area contributed by atoms with Crippen molar-refractivity contribution in [2.24, 2.45) is 0 Å². The van der Waals surface area contributed by atoms with Crippen LogP contribution >= 0.6 is 7.82 Å². The van der Waals surface area contributed by atoms with Gasteiger partial charge < -0.3 is 14.4 Å². The maximum absolute atomic E-state index is 11.6. The molecule has 0 heterocycles. The van der Waals surface area contributed by atoms with E-state index in [1.807, 2.05) is 0 Å². The van der Waals surface area contributed by atoms with Gasteiger partial charge in [0.2, 0.25) is 0 Å². The van der Waals surface area contributed by atoms with Crippen molar-refractivity contribution in [2.45, 2.75) is 65.2 Å². The summed E-state index contributed by atoms with van der Waals surface area (Å²) in [6, 6.07) is 0. The van der Waals surface area contributed by atoms with Gasteiger partial charge in [-0.3, -0.25) is 18.6 Å². The first kappa shape index (κ1) is 24.1. The quantitative estimate of drug-likeness (QED) is 0.246. The SMILES string of the molecule is CC(=O)OCCCCCCOP(=O)(O)OCCCCCCOC(C)=O. The Hall–Kier alpha value is -0.950. The Morgan fingerprint density at radius 1 is 0.680 bits per heavy atom. The number of hydrogen-bond acceptors (Lipinski definition) is 7. The summed E-state index contributed by atoms with van der Waals surface area (Å²) >= 11 is 0. The van der Waals surface area contributed by atoms with Crippen LogP contribution < -0.4 is 0 Å². The van der Waals surface area contributed by atoms with Crippen molar-refractivity contribution in [1.82, 2.24) is 0 Å². The molecule has 0 aliphatic heterocycles. The summed E-state index contributed by atoms with van der Waals surface area (Å²) in [5.74, 6) is -0.572. The van der Waals surface area contributed by atoms with Crippen molar-refractivity contribution < 1.29 is 37.6 Å². The lowest BCUT2D eigenvalue weighted by Gasteiger charge is -2.12. The first-order valence-corrected chi connectivity index (χ1v) is 10.2. The molecule has 0 aromatic rings. The lowest BCUT2D eigenvalue weighted by molar-refractivity contribution is -0.142. The van der Waals surface area contributed by atoms with Crippen LogP contribution in [0.15, 0.2) is 0 Å². The van der Waals surface area contributed by atoms with Crippen molar-refractivity contribution in [2.75, 3.05) is 26.4 Å². The second kappa shape index (κ2) is 15.3. The van der Waals surface area contributed by atoms with Gasteiger partial charge in [0.05, 0.1) is 26.4 Å². The lowest BCUT2D eigenvalue weighted by Crippen LogP contribution is -2.02. The first-order chi connectivity index (χ1) is 11.8. The van der Waals surface area contributed by atoms with E-state index < -0.39 is 7.82 Å². The van der Waals surface area contributed by atoms with Crippen LogP contribution in [0.2, 0.25) is 0 Å². The van der Waals surface area contributed by atoms with E-state index >= 15 is 0 Å². The average Bonchev–Trinajstić information content (AvgIpc) is 2.51. The molecule has 0 fully saturated rings. The van der Waals surface area contributed by atoms with E-state index in [9.17, 15) is 19.0 Å². The largest absolute Gasteiger partial charge is 0.472 e. The van der Waals surface area contributed by atoms with Gasteiger partial charge in [-0.25, -0.2) is 4.57 Å². The Kier molecular flexibility index (Phi) is 14.7. The molecule has 148 valence electrons. The Morgan fingerprint density at radius 2 is 1.00 bits per heavy atom. The molecule has 25 heavy (non-hydrogen) atoms. The second-order valence-electron chi connectivity index (χ2n) is 5.64. The molecule has 0 amide bonds. The number of phosphoric acid groups is 1. The van der Waals surface area contributed by atoms with Crippen LogP contribution in [0, 0.1) is 0 Å². The molecule has 0 saturated heterocycles. The number of carbonyl (C=O) groups excluding carboxylic acids is 2. The zero-order valence-electron chi connectivity index (χ0n) is 15.2. The number of rotatable bonds is 16. The summed E-state index contributed by atoms with van der Waals surface area (Å²) in [6.07, 6.45) is 6.19. The van der Waals surface area contributed by atoms with Gasteiger partial charge >= 0.3 is 19.8 Å². The van der Waals surface area contributed by atoms with Crippen molar-refractivity contribution in [3.8, 4) is 0 Å². The Morgan fingerprint density at radius 3 is 1.32 bits per heavy atom. The molecule has 0 aromatic heterocycles. The minimum atomic E-state index is -3.98.